The molecule has 2 aromatic rings. The molecule has 0 aliphatic heterocycles. The number of halogens is 1. The van der Waals surface area contributed by atoms with Crippen LogP contribution in [-0.2, 0) is 22.6 Å². The number of amides is 2. The molecule has 0 bridgehead atoms. The van der Waals surface area contributed by atoms with E-state index in [1.807, 2.05) is 12.1 Å². The zero-order valence-corrected chi connectivity index (χ0v) is 15.2. The van der Waals surface area contributed by atoms with Gasteiger partial charge in [0.25, 0.3) is 0 Å². The van der Waals surface area contributed by atoms with Crippen molar-refractivity contribution in [2.45, 2.75) is 25.9 Å². The van der Waals surface area contributed by atoms with Crippen LogP contribution in [0, 0.1) is 5.82 Å². The number of carbonyl (C=O) groups excluding carboxylic acids is 2. The number of rotatable bonds is 7. The third kappa shape index (κ3) is 5.05. The number of methoxy groups -OCH3 is 1. The van der Waals surface area contributed by atoms with Gasteiger partial charge in [0, 0.05) is 13.6 Å². The lowest BCUT2D eigenvalue weighted by Crippen LogP contribution is -2.47. The van der Waals surface area contributed by atoms with Crippen molar-refractivity contribution in [2.75, 3.05) is 14.2 Å². The molecular formula is C20H23FN2O3. The zero-order valence-electron chi connectivity index (χ0n) is 15.2. The molecule has 0 spiro atoms. The Kier molecular flexibility index (Phi) is 6.72. The van der Waals surface area contributed by atoms with E-state index in [1.165, 1.54) is 24.1 Å². The van der Waals surface area contributed by atoms with Crippen LogP contribution in [0.2, 0.25) is 0 Å². The molecule has 0 radical (unpaired) electrons. The summed E-state index contributed by atoms with van der Waals surface area (Å²) in [5.74, 6) is -0.0712. The quantitative estimate of drug-likeness (QED) is 0.827. The highest BCUT2D eigenvalue weighted by Gasteiger charge is 2.25. The molecule has 2 amide bonds. The van der Waals surface area contributed by atoms with Gasteiger partial charge in [-0.05, 0) is 42.3 Å². The van der Waals surface area contributed by atoms with Crippen molar-refractivity contribution in [2.24, 2.45) is 0 Å². The van der Waals surface area contributed by atoms with E-state index in [0.29, 0.717) is 5.75 Å². The Bertz CT molecular complexity index is 745. The van der Waals surface area contributed by atoms with Crippen LogP contribution in [0.25, 0.3) is 0 Å². The minimum Gasteiger partial charge on any atom is -0.497 e. The fourth-order valence-corrected chi connectivity index (χ4v) is 2.60. The van der Waals surface area contributed by atoms with Crippen molar-refractivity contribution in [1.82, 2.24) is 10.2 Å². The number of nitrogens with one attached hydrogen (secondary N) is 1. The molecule has 0 aliphatic carbocycles. The fourth-order valence-electron chi connectivity index (χ4n) is 2.60. The Morgan fingerprint density at radius 1 is 1.08 bits per heavy atom. The molecule has 1 unspecified atom stereocenters. The molecule has 0 aromatic heterocycles. The maximum absolute atomic E-state index is 13.1. The second-order valence-corrected chi connectivity index (χ2v) is 5.96. The van der Waals surface area contributed by atoms with Crippen LogP contribution in [0.15, 0.2) is 48.5 Å². The van der Waals surface area contributed by atoms with Crippen LogP contribution in [0.3, 0.4) is 0 Å². The van der Waals surface area contributed by atoms with Crippen molar-refractivity contribution in [3.05, 3.63) is 65.5 Å². The molecule has 2 rings (SSSR count). The summed E-state index contributed by atoms with van der Waals surface area (Å²) in [6.07, 6.45) is 0.159. The molecule has 26 heavy (non-hydrogen) atoms. The third-order valence-electron chi connectivity index (χ3n) is 4.19. The van der Waals surface area contributed by atoms with Gasteiger partial charge in [-0.1, -0.05) is 24.3 Å². The van der Waals surface area contributed by atoms with Gasteiger partial charge in [-0.15, -0.1) is 0 Å². The number of hydrogen-bond acceptors (Lipinski definition) is 3. The highest BCUT2D eigenvalue weighted by atomic mass is 19.1. The smallest absolute Gasteiger partial charge is 0.242 e. The number of hydrogen-bond donors (Lipinski definition) is 1. The van der Waals surface area contributed by atoms with E-state index in [0.717, 1.165) is 11.1 Å². The average Bonchev–Trinajstić information content (AvgIpc) is 2.66. The largest absolute Gasteiger partial charge is 0.497 e. The molecule has 1 atom stereocenters. The van der Waals surface area contributed by atoms with Crippen molar-refractivity contribution < 1.29 is 18.7 Å². The van der Waals surface area contributed by atoms with E-state index in [1.54, 1.807) is 38.3 Å². The van der Waals surface area contributed by atoms with E-state index >= 15 is 0 Å². The van der Waals surface area contributed by atoms with Gasteiger partial charge >= 0.3 is 0 Å². The summed E-state index contributed by atoms with van der Waals surface area (Å²) in [5, 5.41) is 2.56. The van der Waals surface area contributed by atoms with Crippen LogP contribution < -0.4 is 10.1 Å². The Labute approximate surface area is 152 Å². The second-order valence-electron chi connectivity index (χ2n) is 5.96. The van der Waals surface area contributed by atoms with Crippen LogP contribution in [0.5, 0.6) is 5.75 Å². The van der Waals surface area contributed by atoms with E-state index < -0.39 is 6.04 Å². The second kappa shape index (κ2) is 8.99. The summed E-state index contributed by atoms with van der Waals surface area (Å²) in [6.45, 7) is 1.90. The summed E-state index contributed by atoms with van der Waals surface area (Å²) in [6, 6.07) is 12.5. The highest BCUT2D eigenvalue weighted by molar-refractivity contribution is 5.88. The summed E-state index contributed by atoms with van der Waals surface area (Å²) < 4.78 is 18.2. The molecule has 138 valence electrons. The zero-order chi connectivity index (χ0) is 19.1. The minimum absolute atomic E-state index is 0.159. The van der Waals surface area contributed by atoms with E-state index in [9.17, 15) is 14.0 Å². The number of ether oxygens (including phenoxy) is 1. The Balaban J connectivity index is 2.18. The van der Waals surface area contributed by atoms with Gasteiger partial charge in [-0.3, -0.25) is 9.59 Å². The maximum atomic E-state index is 13.1. The number of benzene rings is 2. The number of carbonyl (C=O) groups is 2. The van der Waals surface area contributed by atoms with Gasteiger partial charge < -0.3 is 15.0 Å². The topological polar surface area (TPSA) is 58.6 Å². The highest BCUT2D eigenvalue weighted by Crippen LogP contribution is 2.15. The summed E-state index contributed by atoms with van der Waals surface area (Å²) in [7, 11) is 3.11. The predicted octanol–water partition coefficient (Wildman–Crippen LogP) is 2.54. The SMILES string of the molecule is CNC(=O)C(C)N(Cc1ccc(F)cc1)C(=O)Cc1ccc(OC)cc1. The number of nitrogens with zero attached hydrogens (tertiary/aromatic N) is 1. The normalized spacial score (nSPS) is 11.5. The van der Waals surface area contributed by atoms with E-state index in [-0.39, 0.29) is 30.6 Å². The molecule has 2 aromatic carbocycles. The summed E-state index contributed by atoms with van der Waals surface area (Å²) in [4.78, 5) is 26.4. The Morgan fingerprint density at radius 3 is 2.19 bits per heavy atom. The van der Waals surface area contributed by atoms with Crippen LogP contribution >= 0.6 is 0 Å². The molecule has 0 saturated carbocycles. The number of likely N-dealkylation sites (N-methyl/N-ethyl adjacent to an activating group) is 1. The van der Waals surface area contributed by atoms with Gasteiger partial charge in [-0.2, -0.15) is 0 Å². The third-order valence-corrected chi connectivity index (χ3v) is 4.19. The monoisotopic (exact) mass is 358 g/mol. The molecule has 1 N–H and O–H groups in total. The maximum Gasteiger partial charge on any atom is 0.242 e. The Morgan fingerprint density at radius 2 is 1.65 bits per heavy atom. The fraction of sp³-hybridized carbons (Fsp3) is 0.300. The van der Waals surface area contributed by atoms with Gasteiger partial charge in [-0.25, -0.2) is 4.39 Å². The molecule has 0 saturated heterocycles. The average molecular weight is 358 g/mol. The van der Waals surface area contributed by atoms with Crippen molar-refractivity contribution in [3.63, 3.8) is 0 Å². The van der Waals surface area contributed by atoms with Crippen molar-refractivity contribution in [1.29, 1.82) is 0 Å². The first-order valence-electron chi connectivity index (χ1n) is 8.33. The molecule has 0 aliphatic rings. The molecular weight excluding hydrogens is 335 g/mol. The van der Waals surface area contributed by atoms with Crippen LogP contribution in [-0.4, -0.2) is 36.9 Å². The lowest BCUT2D eigenvalue weighted by atomic mass is 10.1. The first-order chi connectivity index (χ1) is 12.4. The molecule has 0 fully saturated rings. The standard InChI is InChI=1S/C20H23FN2O3/c1-14(20(25)22-2)23(13-16-4-8-17(21)9-5-16)19(24)12-15-6-10-18(26-3)11-7-15/h4-11,14H,12-13H2,1-3H3,(H,22,25). The Hall–Kier alpha value is -2.89. The lowest BCUT2D eigenvalue weighted by molar-refractivity contribution is -0.139. The molecule has 5 nitrogen and oxygen atoms in total. The van der Waals surface area contributed by atoms with Gasteiger partial charge in [0.1, 0.15) is 17.6 Å². The van der Waals surface area contributed by atoms with Crippen LogP contribution in [0.1, 0.15) is 18.1 Å². The van der Waals surface area contributed by atoms with Crippen molar-refractivity contribution in [3.8, 4) is 5.75 Å². The van der Waals surface area contributed by atoms with E-state index in [4.69, 9.17) is 4.74 Å². The van der Waals surface area contributed by atoms with Gasteiger partial charge in [0.05, 0.1) is 13.5 Å². The first kappa shape index (κ1) is 19.4. The minimum atomic E-state index is -0.643. The predicted molar refractivity (Wildman–Crippen MR) is 97.2 cm³/mol. The van der Waals surface area contributed by atoms with Gasteiger partial charge in [0.15, 0.2) is 0 Å². The summed E-state index contributed by atoms with van der Waals surface area (Å²) >= 11 is 0. The molecule has 6 heteroatoms. The molecule has 0 heterocycles. The van der Waals surface area contributed by atoms with Gasteiger partial charge in [0.2, 0.25) is 11.8 Å². The van der Waals surface area contributed by atoms with Crippen LogP contribution in [0.4, 0.5) is 4.39 Å². The first-order valence-corrected chi connectivity index (χ1v) is 8.33. The lowest BCUT2D eigenvalue weighted by Gasteiger charge is -2.28. The van der Waals surface area contributed by atoms with Crippen molar-refractivity contribution >= 4 is 11.8 Å². The summed E-state index contributed by atoms with van der Waals surface area (Å²) in [5.41, 5.74) is 1.58. The van der Waals surface area contributed by atoms with E-state index in [2.05, 4.69) is 5.32 Å².